The molecule has 0 bridgehead atoms. The Morgan fingerprint density at radius 1 is 1.10 bits per heavy atom. The van der Waals surface area contributed by atoms with Crippen LogP contribution in [0.2, 0.25) is 10.0 Å². The first-order valence-corrected chi connectivity index (χ1v) is 10.9. The topological polar surface area (TPSA) is 58.7 Å². The van der Waals surface area contributed by atoms with Gasteiger partial charge in [-0.2, -0.15) is 0 Å². The molecule has 0 saturated heterocycles. The number of benzene rings is 2. The molecule has 2 aliphatic rings. The van der Waals surface area contributed by atoms with Crippen molar-refractivity contribution in [2.45, 2.75) is 32.4 Å². The van der Waals surface area contributed by atoms with Crippen molar-refractivity contribution in [2.24, 2.45) is 16.6 Å². The van der Waals surface area contributed by atoms with Crippen molar-refractivity contribution in [1.29, 1.82) is 0 Å². The number of aliphatic imine (C=N–C) groups is 1. The van der Waals surface area contributed by atoms with Crippen molar-refractivity contribution >= 4 is 46.0 Å². The van der Waals surface area contributed by atoms with Crippen molar-refractivity contribution in [3.8, 4) is 0 Å². The molecule has 29 heavy (non-hydrogen) atoms. The van der Waals surface area contributed by atoms with Crippen LogP contribution in [-0.2, 0) is 10.3 Å². The van der Waals surface area contributed by atoms with E-state index < -0.39 is 11.4 Å². The lowest BCUT2D eigenvalue weighted by Crippen LogP contribution is -2.36. The molecular weight excluding hydrogens is 425 g/mol. The molecule has 0 radical (unpaired) electrons. The van der Waals surface area contributed by atoms with Gasteiger partial charge < -0.3 is 10.6 Å². The summed E-state index contributed by atoms with van der Waals surface area (Å²) in [5, 5.41) is 2.15. The largest absolute Gasteiger partial charge is 0.365 e. The highest BCUT2D eigenvalue weighted by atomic mass is 35.5. The van der Waals surface area contributed by atoms with Crippen LogP contribution >= 0.6 is 35.0 Å². The highest BCUT2D eigenvalue weighted by molar-refractivity contribution is 8.18. The maximum atomic E-state index is 12.1. The number of amidine groups is 1. The number of primary amides is 1. The molecule has 7 heteroatoms. The van der Waals surface area contributed by atoms with Crippen molar-refractivity contribution in [3.63, 3.8) is 0 Å². The van der Waals surface area contributed by atoms with Gasteiger partial charge in [-0.15, -0.1) is 0 Å². The molecule has 4 nitrogen and oxygen atoms in total. The quantitative estimate of drug-likeness (QED) is 0.654. The molecule has 0 aromatic heterocycles. The summed E-state index contributed by atoms with van der Waals surface area (Å²) in [6.07, 6.45) is 0. The van der Waals surface area contributed by atoms with Gasteiger partial charge in [-0.05, 0) is 60.0 Å². The van der Waals surface area contributed by atoms with Gasteiger partial charge >= 0.3 is 0 Å². The molecule has 2 atom stereocenters. The van der Waals surface area contributed by atoms with Gasteiger partial charge in [0.15, 0.2) is 5.17 Å². The number of nitrogens with zero attached hydrogens (tertiary/aromatic N) is 2. The molecule has 0 saturated carbocycles. The molecule has 2 N–H and O–H groups in total. The van der Waals surface area contributed by atoms with E-state index in [1.807, 2.05) is 48.5 Å². The van der Waals surface area contributed by atoms with Crippen LogP contribution in [0, 0.1) is 5.92 Å². The first-order valence-electron chi connectivity index (χ1n) is 9.35. The van der Waals surface area contributed by atoms with Crippen molar-refractivity contribution in [2.75, 3.05) is 0 Å². The number of hydrogen-bond acceptors (Lipinski definition) is 4. The second-order valence-electron chi connectivity index (χ2n) is 7.71. The third-order valence-corrected chi connectivity index (χ3v) is 6.98. The Hall–Kier alpha value is -1.95. The van der Waals surface area contributed by atoms with Gasteiger partial charge in [-0.3, -0.25) is 4.79 Å². The van der Waals surface area contributed by atoms with Crippen LogP contribution in [0.4, 0.5) is 0 Å². The molecular formula is C22H21Cl2N3OS. The highest BCUT2D eigenvalue weighted by Gasteiger charge is 2.52. The third-order valence-electron chi connectivity index (χ3n) is 5.40. The zero-order valence-corrected chi connectivity index (χ0v) is 18.6. The molecule has 0 unspecified atom stereocenters. The maximum Gasteiger partial charge on any atom is 0.257 e. The van der Waals surface area contributed by atoms with Gasteiger partial charge in [0.05, 0.1) is 10.9 Å². The molecule has 0 spiro atoms. The number of nitrogens with two attached hydrogens (primary N) is 1. The summed E-state index contributed by atoms with van der Waals surface area (Å²) in [4.78, 5) is 20.0. The Bertz CT molecular complexity index is 1030. The van der Waals surface area contributed by atoms with Gasteiger partial charge in [0.2, 0.25) is 0 Å². The van der Waals surface area contributed by atoms with Gasteiger partial charge in [-0.25, -0.2) is 4.99 Å². The zero-order chi connectivity index (χ0) is 20.9. The number of thioether (sulfide) groups is 1. The van der Waals surface area contributed by atoms with Crippen molar-refractivity contribution < 1.29 is 4.79 Å². The van der Waals surface area contributed by atoms with Crippen LogP contribution in [-0.4, -0.2) is 16.0 Å². The van der Waals surface area contributed by atoms with Crippen LogP contribution in [0.15, 0.2) is 64.1 Å². The first-order chi connectivity index (χ1) is 13.7. The highest BCUT2D eigenvalue weighted by Crippen LogP contribution is 2.55. The standard InChI is InChI=1S/C22H21Cl2N3OS/c1-12(2)17-18(20(25)28)29-21-26-22(3,14-6-10-16(24)11-7-14)19(27(17)21)13-4-8-15(23)9-5-13/h4-12,19H,1-3H3,(H2,25,28)/t19-,22+/m1/s1. The van der Waals surface area contributed by atoms with Crippen LogP contribution < -0.4 is 5.73 Å². The normalized spacial score (nSPS) is 23.6. The lowest BCUT2D eigenvalue weighted by molar-refractivity contribution is -0.114. The average Bonchev–Trinajstić information content (AvgIpc) is 3.16. The van der Waals surface area contributed by atoms with E-state index in [0.717, 1.165) is 22.0 Å². The van der Waals surface area contributed by atoms with Gasteiger partial charge in [-0.1, -0.05) is 61.3 Å². The Labute approximate surface area is 184 Å². The fourth-order valence-corrected chi connectivity index (χ4v) is 5.60. The summed E-state index contributed by atoms with van der Waals surface area (Å²) in [6.45, 7) is 6.25. The molecule has 150 valence electrons. The Morgan fingerprint density at radius 3 is 2.17 bits per heavy atom. The predicted molar refractivity (Wildman–Crippen MR) is 121 cm³/mol. The molecule has 2 aromatic carbocycles. The van der Waals surface area contributed by atoms with Gasteiger partial charge in [0.25, 0.3) is 5.91 Å². The number of carbonyl (C=O) groups excluding carboxylic acids is 1. The van der Waals surface area contributed by atoms with E-state index in [1.165, 1.54) is 11.8 Å². The number of carbonyl (C=O) groups is 1. The lowest BCUT2D eigenvalue weighted by Gasteiger charge is -2.37. The van der Waals surface area contributed by atoms with E-state index in [2.05, 4.69) is 25.7 Å². The second-order valence-corrected chi connectivity index (χ2v) is 9.56. The molecule has 2 heterocycles. The molecule has 0 aliphatic carbocycles. The summed E-state index contributed by atoms with van der Waals surface area (Å²) in [7, 11) is 0. The molecule has 1 amide bonds. The van der Waals surface area contributed by atoms with Crippen molar-refractivity contribution in [3.05, 3.63) is 80.3 Å². The van der Waals surface area contributed by atoms with Gasteiger partial charge in [0, 0.05) is 15.7 Å². The molecule has 2 aliphatic heterocycles. The van der Waals surface area contributed by atoms with Crippen LogP contribution in [0.1, 0.15) is 37.9 Å². The van der Waals surface area contributed by atoms with Crippen LogP contribution in [0.5, 0.6) is 0 Å². The van der Waals surface area contributed by atoms with Crippen molar-refractivity contribution in [1.82, 2.24) is 4.90 Å². The summed E-state index contributed by atoms with van der Waals surface area (Å²) < 4.78 is 0. The minimum atomic E-state index is -0.565. The van der Waals surface area contributed by atoms with E-state index in [4.69, 9.17) is 33.9 Å². The lowest BCUT2D eigenvalue weighted by atomic mass is 9.81. The van der Waals surface area contributed by atoms with E-state index in [9.17, 15) is 4.79 Å². The number of rotatable bonds is 4. The molecule has 4 rings (SSSR count). The summed E-state index contributed by atoms with van der Waals surface area (Å²) in [5.41, 5.74) is 8.16. The molecule has 0 fully saturated rings. The minimum Gasteiger partial charge on any atom is -0.365 e. The first kappa shape index (κ1) is 20.3. The zero-order valence-electron chi connectivity index (χ0n) is 16.3. The Morgan fingerprint density at radius 2 is 1.66 bits per heavy atom. The fourth-order valence-electron chi connectivity index (χ4n) is 4.09. The maximum absolute atomic E-state index is 12.1. The average molecular weight is 446 g/mol. The van der Waals surface area contributed by atoms with Crippen LogP contribution in [0.25, 0.3) is 0 Å². The van der Waals surface area contributed by atoms with E-state index in [1.54, 1.807) is 0 Å². The smallest absolute Gasteiger partial charge is 0.257 e. The number of hydrogen-bond donors (Lipinski definition) is 1. The molecule has 2 aromatic rings. The van der Waals surface area contributed by atoms with Gasteiger partial charge in [0.1, 0.15) is 5.54 Å². The monoisotopic (exact) mass is 445 g/mol. The predicted octanol–water partition coefficient (Wildman–Crippen LogP) is 5.72. The summed E-state index contributed by atoms with van der Waals surface area (Å²) in [5.74, 6) is -0.307. The van der Waals surface area contributed by atoms with E-state index in [-0.39, 0.29) is 12.0 Å². The summed E-state index contributed by atoms with van der Waals surface area (Å²) >= 11 is 13.6. The third kappa shape index (κ3) is 3.35. The minimum absolute atomic E-state index is 0.111. The Kier molecular flexibility index (Phi) is 5.18. The number of fused-ring (bicyclic) bond motifs is 1. The number of allylic oxidation sites excluding steroid dienone is 1. The van der Waals surface area contributed by atoms with E-state index in [0.29, 0.717) is 15.0 Å². The second kappa shape index (κ2) is 7.38. The SMILES string of the molecule is CC(C)C1=C(C(N)=O)SC2=N[C@@](C)(c3ccc(Cl)cc3)[C@@H](c3ccc(Cl)cc3)N21. The number of halogens is 2. The Balaban J connectivity index is 1.92. The summed E-state index contributed by atoms with van der Waals surface area (Å²) in [6, 6.07) is 15.4. The van der Waals surface area contributed by atoms with Crippen LogP contribution in [0.3, 0.4) is 0 Å². The number of amides is 1. The fraction of sp³-hybridized carbons (Fsp3) is 0.273. The van der Waals surface area contributed by atoms with E-state index >= 15 is 0 Å².